The summed E-state index contributed by atoms with van der Waals surface area (Å²) in [5.74, 6) is 0.683. The fourth-order valence-electron chi connectivity index (χ4n) is 6.21. The Balaban J connectivity index is 1.17. The molecule has 4 N–H and O–H groups in total. The first-order valence-corrected chi connectivity index (χ1v) is 13.2. The summed E-state index contributed by atoms with van der Waals surface area (Å²) >= 11 is 0. The molecular formula is C24H49N7. The van der Waals surface area contributed by atoms with E-state index in [0.29, 0.717) is 36.4 Å². The van der Waals surface area contributed by atoms with Gasteiger partial charge in [-0.3, -0.25) is 21.0 Å². The summed E-state index contributed by atoms with van der Waals surface area (Å²) in [6, 6.07) is 2.71. The summed E-state index contributed by atoms with van der Waals surface area (Å²) < 4.78 is 0. The monoisotopic (exact) mass is 435 g/mol. The SMILES string of the molecule is CCN1CCN(C2CCC(NC3CC(NC4CC(C(C)C)NN4C)CCN3)CC2)CC1. The van der Waals surface area contributed by atoms with Crippen LogP contribution in [-0.4, -0.2) is 97.6 Å². The molecule has 4 fully saturated rings. The Morgan fingerprint density at radius 2 is 1.65 bits per heavy atom. The number of hydrogen-bond donors (Lipinski definition) is 4. The Bertz CT molecular complexity index is 528. The van der Waals surface area contributed by atoms with Gasteiger partial charge in [-0.05, 0) is 64.0 Å². The number of likely N-dealkylation sites (N-methyl/N-ethyl adjacent to an activating group) is 1. The molecule has 0 spiro atoms. The first kappa shape index (κ1) is 23.9. The van der Waals surface area contributed by atoms with Crippen molar-refractivity contribution >= 4 is 0 Å². The minimum Gasteiger partial charge on any atom is -0.302 e. The van der Waals surface area contributed by atoms with Crippen LogP contribution in [0, 0.1) is 5.92 Å². The molecule has 0 amide bonds. The molecule has 31 heavy (non-hydrogen) atoms. The second kappa shape index (κ2) is 11.2. The molecule has 0 aromatic heterocycles. The number of rotatable bonds is 7. The van der Waals surface area contributed by atoms with E-state index in [0.717, 1.165) is 12.6 Å². The summed E-state index contributed by atoms with van der Waals surface area (Å²) in [5, 5.41) is 14.0. The highest BCUT2D eigenvalue weighted by atomic mass is 15.6. The predicted molar refractivity (Wildman–Crippen MR) is 129 cm³/mol. The molecule has 3 aliphatic heterocycles. The third kappa shape index (κ3) is 6.40. The van der Waals surface area contributed by atoms with Gasteiger partial charge in [0.1, 0.15) is 0 Å². The molecule has 7 heteroatoms. The van der Waals surface area contributed by atoms with Gasteiger partial charge in [-0.1, -0.05) is 20.8 Å². The summed E-state index contributed by atoms with van der Waals surface area (Å²) in [7, 11) is 2.19. The van der Waals surface area contributed by atoms with E-state index in [4.69, 9.17) is 0 Å². The smallest absolute Gasteiger partial charge is 0.0747 e. The highest BCUT2D eigenvalue weighted by molar-refractivity contribution is 4.91. The van der Waals surface area contributed by atoms with Crippen molar-refractivity contribution in [1.29, 1.82) is 0 Å². The molecule has 0 radical (unpaired) electrons. The third-order valence-electron chi connectivity index (χ3n) is 8.45. The largest absolute Gasteiger partial charge is 0.302 e. The molecule has 0 aromatic rings. The van der Waals surface area contributed by atoms with Crippen molar-refractivity contribution in [1.82, 2.24) is 36.2 Å². The zero-order valence-electron chi connectivity index (χ0n) is 20.6. The molecular weight excluding hydrogens is 386 g/mol. The third-order valence-corrected chi connectivity index (χ3v) is 8.45. The van der Waals surface area contributed by atoms with Crippen molar-refractivity contribution in [3.63, 3.8) is 0 Å². The van der Waals surface area contributed by atoms with Crippen LogP contribution in [0.2, 0.25) is 0 Å². The van der Waals surface area contributed by atoms with Crippen molar-refractivity contribution in [2.24, 2.45) is 5.92 Å². The van der Waals surface area contributed by atoms with E-state index >= 15 is 0 Å². The van der Waals surface area contributed by atoms with Gasteiger partial charge in [-0.2, -0.15) is 0 Å². The number of hydrogen-bond acceptors (Lipinski definition) is 7. The Labute approximate surface area is 191 Å². The maximum Gasteiger partial charge on any atom is 0.0747 e. The van der Waals surface area contributed by atoms with E-state index in [1.54, 1.807) is 0 Å². The first-order chi connectivity index (χ1) is 15.0. The maximum atomic E-state index is 3.98. The maximum absolute atomic E-state index is 3.98. The van der Waals surface area contributed by atoms with Gasteiger partial charge < -0.3 is 10.2 Å². The van der Waals surface area contributed by atoms with Gasteiger partial charge in [-0.15, -0.1) is 0 Å². The zero-order valence-corrected chi connectivity index (χ0v) is 20.6. The second-order valence-electron chi connectivity index (χ2n) is 10.9. The number of nitrogens with one attached hydrogen (secondary N) is 4. The second-order valence-corrected chi connectivity index (χ2v) is 10.9. The van der Waals surface area contributed by atoms with Gasteiger partial charge in [0.05, 0.1) is 12.3 Å². The topological polar surface area (TPSA) is 57.8 Å². The zero-order chi connectivity index (χ0) is 21.8. The molecule has 1 aliphatic carbocycles. The summed E-state index contributed by atoms with van der Waals surface area (Å²) in [5.41, 5.74) is 3.64. The van der Waals surface area contributed by atoms with E-state index in [1.165, 1.54) is 77.7 Å². The molecule has 3 heterocycles. The van der Waals surface area contributed by atoms with Crippen LogP contribution in [0.4, 0.5) is 0 Å². The molecule has 180 valence electrons. The van der Waals surface area contributed by atoms with Crippen molar-refractivity contribution in [3.8, 4) is 0 Å². The van der Waals surface area contributed by atoms with Gasteiger partial charge in [-0.25, -0.2) is 5.01 Å². The highest BCUT2D eigenvalue weighted by Crippen LogP contribution is 2.25. The number of hydrazine groups is 1. The molecule has 3 saturated heterocycles. The highest BCUT2D eigenvalue weighted by Gasteiger charge is 2.34. The molecule has 4 atom stereocenters. The lowest BCUT2D eigenvalue weighted by molar-refractivity contribution is 0.0740. The van der Waals surface area contributed by atoms with Gasteiger partial charge in [0, 0.05) is 57.4 Å². The fraction of sp³-hybridized carbons (Fsp3) is 1.00. The number of nitrogens with zero attached hydrogens (tertiary/aromatic N) is 3. The van der Waals surface area contributed by atoms with Crippen LogP contribution >= 0.6 is 0 Å². The van der Waals surface area contributed by atoms with Crippen LogP contribution < -0.4 is 21.4 Å². The molecule has 1 saturated carbocycles. The molecule has 4 unspecified atom stereocenters. The molecule has 0 aromatic carbocycles. The Kier molecular flexibility index (Phi) is 8.65. The van der Waals surface area contributed by atoms with Crippen LogP contribution in [0.15, 0.2) is 0 Å². The molecule has 4 rings (SSSR count). The Morgan fingerprint density at radius 1 is 0.903 bits per heavy atom. The molecule has 4 aliphatic rings. The number of piperidine rings is 1. The van der Waals surface area contributed by atoms with Crippen LogP contribution in [0.25, 0.3) is 0 Å². The summed E-state index contributed by atoms with van der Waals surface area (Å²) in [6.45, 7) is 14.3. The van der Waals surface area contributed by atoms with Crippen molar-refractivity contribution < 1.29 is 0 Å². The van der Waals surface area contributed by atoms with Crippen LogP contribution in [0.3, 0.4) is 0 Å². The molecule has 7 nitrogen and oxygen atoms in total. The number of piperazine rings is 1. The Morgan fingerprint density at radius 3 is 2.29 bits per heavy atom. The van der Waals surface area contributed by atoms with E-state index in [1.807, 2.05) is 0 Å². The van der Waals surface area contributed by atoms with Gasteiger partial charge in [0.2, 0.25) is 0 Å². The van der Waals surface area contributed by atoms with E-state index in [-0.39, 0.29) is 0 Å². The van der Waals surface area contributed by atoms with Gasteiger partial charge >= 0.3 is 0 Å². The lowest BCUT2D eigenvalue weighted by Crippen LogP contribution is -2.58. The average molecular weight is 436 g/mol. The van der Waals surface area contributed by atoms with E-state index in [2.05, 4.69) is 64.0 Å². The van der Waals surface area contributed by atoms with Crippen molar-refractivity contribution in [2.75, 3.05) is 46.3 Å². The van der Waals surface area contributed by atoms with Crippen LogP contribution in [0.5, 0.6) is 0 Å². The predicted octanol–water partition coefficient (Wildman–Crippen LogP) is 1.38. The van der Waals surface area contributed by atoms with Crippen molar-refractivity contribution in [2.45, 2.75) is 102 Å². The minimum absolute atomic E-state index is 0.458. The lowest BCUT2D eigenvalue weighted by Gasteiger charge is -2.43. The first-order valence-electron chi connectivity index (χ1n) is 13.2. The van der Waals surface area contributed by atoms with E-state index < -0.39 is 0 Å². The van der Waals surface area contributed by atoms with Crippen LogP contribution in [-0.2, 0) is 0 Å². The van der Waals surface area contributed by atoms with E-state index in [9.17, 15) is 0 Å². The minimum atomic E-state index is 0.458. The summed E-state index contributed by atoms with van der Waals surface area (Å²) in [4.78, 5) is 5.36. The summed E-state index contributed by atoms with van der Waals surface area (Å²) in [6.07, 6.45) is 9.94. The van der Waals surface area contributed by atoms with Gasteiger partial charge in [0.25, 0.3) is 0 Å². The normalized spacial score (nSPS) is 39.4. The average Bonchev–Trinajstić information content (AvgIpc) is 3.15. The Hall–Kier alpha value is -0.280. The molecule has 0 bridgehead atoms. The fourth-order valence-corrected chi connectivity index (χ4v) is 6.21. The standard InChI is InChI=1S/C24H49N7/c1-5-30-12-14-31(15-13-30)21-8-6-19(7-9-21)26-23-16-20(10-11-25-23)27-24-17-22(18(2)3)28-29(24)4/h18-28H,5-17H2,1-4H3. The quantitative estimate of drug-likeness (QED) is 0.482. The lowest BCUT2D eigenvalue weighted by atomic mass is 9.89. The van der Waals surface area contributed by atoms with Crippen molar-refractivity contribution in [3.05, 3.63) is 0 Å². The van der Waals surface area contributed by atoms with Gasteiger partial charge in [0.15, 0.2) is 0 Å². The van der Waals surface area contributed by atoms with Crippen LogP contribution in [0.1, 0.15) is 65.7 Å².